The van der Waals surface area contributed by atoms with E-state index in [0.29, 0.717) is 11.2 Å². The molecular weight excluding hydrogens is 278 g/mol. The highest BCUT2D eigenvalue weighted by Crippen LogP contribution is 2.22. The third-order valence-corrected chi connectivity index (χ3v) is 4.67. The minimum atomic E-state index is -0.842. The van der Waals surface area contributed by atoms with Gasteiger partial charge in [-0.05, 0) is 13.5 Å². The fourth-order valence-electron chi connectivity index (χ4n) is 2.40. The quantitative estimate of drug-likeness (QED) is 0.795. The summed E-state index contributed by atoms with van der Waals surface area (Å²) in [4.78, 5) is 15.2. The van der Waals surface area contributed by atoms with E-state index < -0.39 is 5.97 Å². The van der Waals surface area contributed by atoms with Crippen molar-refractivity contribution in [3.8, 4) is 0 Å². The molecule has 0 aromatic carbocycles. The van der Waals surface area contributed by atoms with Gasteiger partial charge in [-0.25, -0.2) is 0 Å². The van der Waals surface area contributed by atoms with Gasteiger partial charge >= 0.3 is 5.97 Å². The molecule has 2 heterocycles. The molecule has 1 N–H and O–H groups in total. The Morgan fingerprint density at radius 1 is 1.40 bits per heavy atom. The number of thioether (sulfide) groups is 1. The monoisotopic (exact) mass is 299 g/mol. The standard InChI is InChI=1S/C12H21N5O2S/c1-4-9-7-17(6-5-15(9)2)11-13-14-12(16(11)3)20-8-10(18)19/h9H,4-8H2,1-3H3,(H,18,19). The topological polar surface area (TPSA) is 74.5 Å². The van der Waals surface area contributed by atoms with Crippen molar-refractivity contribution in [2.75, 3.05) is 37.3 Å². The van der Waals surface area contributed by atoms with Gasteiger partial charge in [0.25, 0.3) is 0 Å². The zero-order valence-corrected chi connectivity index (χ0v) is 12.9. The molecule has 1 atom stereocenters. The number of nitrogens with zero attached hydrogens (tertiary/aromatic N) is 5. The van der Waals surface area contributed by atoms with Crippen LogP contribution in [0.1, 0.15) is 13.3 Å². The van der Waals surface area contributed by atoms with Gasteiger partial charge in [0.15, 0.2) is 5.16 Å². The molecule has 1 fully saturated rings. The van der Waals surface area contributed by atoms with Gasteiger partial charge in [-0.1, -0.05) is 18.7 Å². The molecule has 0 radical (unpaired) electrons. The summed E-state index contributed by atoms with van der Waals surface area (Å²) in [5.41, 5.74) is 0. The summed E-state index contributed by atoms with van der Waals surface area (Å²) in [5, 5.41) is 17.7. The van der Waals surface area contributed by atoms with Crippen LogP contribution in [0, 0.1) is 0 Å². The number of likely N-dealkylation sites (N-methyl/N-ethyl adjacent to an activating group) is 1. The molecule has 0 bridgehead atoms. The SMILES string of the molecule is CCC1CN(c2nnc(SCC(=O)O)n2C)CCN1C. The summed E-state index contributed by atoms with van der Waals surface area (Å²) in [6.07, 6.45) is 1.10. The summed E-state index contributed by atoms with van der Waals surface area (Å²) in [7, 11) is 4.04. The van der Waals surface area contributed by atoms with Gasteiger partial charge in [-0.3, -0.25) is 14.3 Å². The first kappa shape index (κ1) is 15.1. The summed E-state index contributed by atoms with van der Waals surface area (Å²) in [6.45, 7) is 5.05. The van der Waals surface area contributed by atoms with Gasteiger partial charge in [-0.2, -0.15) is 0 Å². The smallest absolute Gasteiger partial charge is 0.313 e. The molecule has 0 aliphatic carbocycles. The Hall–Kier alpha value is -1.28. The van der Waals surface area contributed by atoms with Gasteiger partial charge in [0.2, 0.25) is 5.95 Å². The first-order chi connectivity index (χ1) is 9.52. The molecular formula is C12H21N5O2S. The lowest BCUT2D eigenvalue weighted by Gasteiger charge is -2.39. The first-order valence-electron chi connectivity index (χ1n) is 6.72. The summed E-state index contributed by atoms with van der Waals surface area (Å²) in [5.74, 6) is -0.0126. The zero-order valence-electron chi connectivity index (χ0n) is 12.1. The van der Waals surface area contributed by atoms with E-state index >= 15 is 0 Å². The largest absolute Gasteiger partial charge is 0.481 e. The van der Waals surface area contributed by atoms with Crippen molar-refractivity contribution < 1.29 is 9.90 Å². The van der Waals surface area contributed by atoms with Crippen LogP contribution < -0.4 is 4.90 Å². The van der Waals surface area contributed by atoms with E-state index in [4.69, 9.17) is 5.11 Å². The van der Waals surface area contributed by atoms with Crippen LogP contribution in [0.15, 0.2) is 5.16 Å². The van der Waals surface area contributed by atoms with E-state index in [9.17, 15) is 4.79 Å². The van der Waals surface area contributed by atoms with Crippen molar-refractivity contribution in [1.82, 2.24) is 19.7 Å². The minimum absolute atomic E-state index is 0.00625. The average molecular weight is 299 g/mol. The van der Waals surface area contributed by atoms with Crippen LogP contribution in [0.4, 0.5) is 5.95 Å². The van der Waals surface area contributed by atoms with Crippen LogP contribution in [0.5, 0.6) is 0 Å². The van der Waals surface area contributed by atoms with E-state index in [2.05, 4.69) is 34.0 Å². The number of carbonyl (C=O) groups is 1. The van der Waals surface area contributed by atoms with Crippen LogP contribution in [0.2, 0.25) is 0 Å². The van der Waals surface area contributed by atoms with E-state index in [1.165, 1.54) is 11.8 Å². The van der Waals surface area contributed by atoms with Crippen molar-refractivity contribution >= 4 is 23.7 Å². The number of aromatic nitrogens is 3. The normalized spacial score (nSPS) is 20.4. The molecule has 1 aliphatic rings. The molecule has 1 aromatic rings. The molecule has 1 saturated heterocycles. The van der Waals surface area contributed by atoms with Gasteiger partial charge in [-0.15, -0.1) is 10.2 Å². The molecule has 8 heteroatoms. The first-order valence-corrected chi connectivity index (χ1v) is 7.70. The van der Waals surface area contributed by atoms with E-state index in [0.717, 1.165) is 32.0 Å². The second kappa shape index (κ2) is 6.45. The van der Waals surface area contributed by atoms with E-state index in [1.54, 1.807) is 0 Å². The summed E-state index contributed by atoms with van der Waals surface area (Å²) >= 11 is 1.20. The number of hydrogen-bond donors (Lipinski definition) is 1. The van der Waals surface area contributed by atoms with E-state index in [-0.39, 0.29) is 5.75 Å². The maximum atomic E-state index is 10.6. The van der Waals surface area contributed by atoms with Crippen LogP contribution in [0.3, 0.4) is 0 Å². The van der Waals surface area contributed by atoms with Crippen molar-refractivity contribution in [3.63, 3.8) is 0 Å². The molecule has 0 amide bonds. The molecule has 0 spiro atoms. The minimum Gasteiger partial charge on any atom is -0.481 e. The maximum Gasteiger partial charge on any atom is 0.313 e. The zero-order chi connectivity index (χ0) is 14.7. The molecule has 1 unspecified atom stereocenters. The molecule has 20 heavy (non-hydrogen) atoms. The summed E-state index contributed by atoms with van der Waals surface area (Å²) < 4.78 is 1.88. The average Bonchev–Trinajstić information content (AvgIpc) is 2.78. The molecule has 2 rings (SSSR count). The molecule has 7 nitrogen and oxygen atoms in total. The van der Waals surface area contributed by atoms with Gasteiger partial charge in [0.05, 0.1) is 5.75 Å². The van der Waals surface area contributed by atoms with Crippen molar-refractivity contribution in [2.45, 2.75) is 24.5 Å². The lowest BCUT2D eigenvalue weighted by Crippen LogP contribution is -2.51. The van der Waals surface area contributed by atoms with Crippen LogP contribution in [-0.4, -0.2) is 69.2 Å². The summed E-state index contributed by atoms with van der Waals surface area (Å²) in [6, 6.07) is 0.524. The van der Waals surface area contributed by atoms with Gasteiger partial charge < -0.3 is 10.0 Å². The van der Waals surface area contributed by atoms with E-state index in [1.807, 2.05) is 11.6 Å². The molecule has 0 saturated carbocycles. The second-order valence-electron chi connectivity index (χ2n) is 5.01. The van der Waals surface area contributed by atoms with Crippen molar-refractivity contribution in [2.24, 2.45) is 7.05 Å². The predicted octanol–water partition coefficient (Wildman–Crippen LogP) is 0.522. The highest BCUT2D eigenvalue weighted by molar-refractivity contribution is 7.99. The molecule has 1 aromatic heterocycles. The van der Waals surface area contributed by atoms with Gasteiger partial charge in [0.1, 0.15) is 0 Å². The van der Waals surface area contributed by atoms with Crippen molar-refractivity contribution in [3.05, 3.63) is 0 Å². The Labute approximate surface area is 123 Å². The second-order valence-corrected chi connectivity index (χ2v) is 5.96. The maximum absolute atomic E-state index is 10.6. The highest BCUT2D eigenvalue weighted by Gasteiger charge is 2.26. The number of hydrogen-bond acceptors (Lipinski definition) is 6. The Bertz CT molecular complexity index is 478. The Morgan fingerprint density at radius 2 is 2.15 bits per heavy atom. The number of aliphatic carboxylic acids is 1. The Morgan fingerprint density at radius 3 is 2.80 bits per heavy atom. The highest BCUT2D eigenvalue weighted by atomic mass is 32.2. The lowest BCUT2D eigenvalue weighted by molar-refractivity contribution is -0.133. The third-order valence-electron chi connectivity index (χ3n) is 3.67. The number of rotatable bonds is 5. The fraction of sp³-hybridized carbons (Fsp3) is 0.750. The number of anilines is 1. The number of carboxylic acids is 1. The van der Waals surface area contributed by atoms with Crippen LogP contribution >= 0.6 is 11.8 Å². The number of carboxylic acid groups (broad SMARTS) is 1. The van der Waals surface area contributed by atoms with Crippen LogP contribution in [-0.2, 0) is 11.8 Å². The van der Waals surface area contributed by atoms with Crippen molar-refractivity contribution in [1.29, 1.82) is 0 Å². The molecule has 1 aliphatic heterocycles. The lowest BCUT2D eigenvalue weighted by atomic mass is 10.1. The third kappa shape index (κ3) is 3.24. The van der Waals surface area contributed by atoms with Crippen LogP contribution in [0.25, 0.3) is 0 Å². The fourth-order valence-corrected chi connectivity index (χ4v) is 3.03. The number of piperazine rings is 1. The Kier molecular flexibility index (Phi) is 4.87. The predicted molar refractivity (Wildman–Crippen MR) is 78.3 cm³/mol. The molecule has 112 valence electrons. The van der Waals surface area contributed by atoms with Gasteiger partial charge in [0, 0.05) is 32.7 Å². The Balaban J connectivity index is 2.07.